The zero-order valence-electron chi connectivity index (χ0n) is 12.2. The number of nitrogens with zero attached hydrogens (tertiary/aromatic N) is 1. The summed E-state index contributed by atoms with van der Waals surface area (Å²) in [6, 6.07) is 4.62. The highest BCUT2D eigenvalue weighted by Crippen LogP contribution is 2.19. The van der Waals surface area contributed by atoms with Crippen molar-refractivity contribution in [2.45, 2.75) is 25.8 Å². The van der Waals surface area contributed by atoms with E-state index in [1.165, 1.54) is 12.1 Å². The van der Waals surface area contributed by atoms with Crippen molar-refractivity contribution in [3.05, 3.63) is 29.0 Å². The van der Waals surface area contributed by atoms with Crippen LogP contribution in [0.1, 0.15) is 19.8 Å². The number of carbonyl (C=O) groups excluding carboxylic acids is 1. The van der Waals surface area contributed by atoms with Crippen molar-refractivity contribution in [2.24, 2.45) is 0 Å². The molecule has 2 rings (SSSR count). The average Bonchev–Trinajstić information content (AvgIpc) is 2.95. The number of carbonyl (C=O) groups is 1. The fourth-order valence-electron chi connectivity index (χ4n) is 2.59. The van der Waals surface area contributed by atoms with Gasteiger partial charge in [0.25, 0.3) is 0 Å². The topological polar surface area (TPSA) is 44.4 Å². The minimum absolute atomic E-state index is 0.172. The molecule has 116 valence electrons. The lowest BCUT2D eigenvalue weighted by molar-refractivity contribution is -0.117. The number of nitrogens with one attached hydrogen (secondary N) is 2. The Kier molecular flexibility index (Phi) is 5.96. The molecule has 0 aliphatic carbocycles. The lowest BCUT2D eigenvalue weighted by Crippen LogP contribution is -2.42. The summed E-state index contributed by atoms with van der Waals surface area (Å²) in [6.45, 7) is 5.12. The van der Waals surface area contributed by atoms with Crippen molar-refractivity contribution in [1.29, 1.82) is 0 Å². The molecule has 6 heteroatoms. The van der Waals surface area contributed by atoms with Crippen molar-refractivity contribution in [1.82, 2.24) is 10.2 Å². The van der Waals surface area contributed by atoms with Gasteiger partial charge in [-0.3, -0.25) is 9.69 Å². The van der Waals surface area contributed by atoms with Crippen molar-refractivity contribution in [3.63, 3.8) is 0 Å². The van der Waals surface area contributed by atoms with Gasteiger partial charge in [0.05, 0.1) is 12.2 Å². The van der Waals surface area contributed by atoms with E-state index < -0.39 is 5.82 Å². The Labute approximate surface area is 129 Å². The Balaban J connectivity index is 1.95. The minimum atomic E-state index is -0.513. The third-order valence-corrected chi connectivity index (χ3v) is 3.85. The van der Waals surface area contributed by atoms with Gasteiger partial charge >= 0.3 is 0 Å². The van der Waals surface area contributed by atoms with Crippen molar-refractivity contribution >= 4 is 23.2 Å². The minimum Gasteiger partial charge on any atom is -0.322 e. The highest BCUT2D eigenvalue weighted by molar-refractivity contribution is 6.30. The van der Waals surface area contributed by atoms with Crippen LogP contribution in [-0.4, -0.2) is 43.0 Å². The van der Waals surface area contributed by atoms with Crippen LogP contribution < -0.4 is 10.6 Å². The molecular formula is C15H21ClFN3O. The first-order chi connectivity index (χ1) is 10.1. The maximum absolute atomic E-state index is 13.7. The predicted octanol–water partition coefficient (Wildman–Crippen LogP) is 2.49. The quantitative estimate of drug-likeness (QED) is 0.848. The molecular weight excluding hydrogens is 293 g/mol. The molecule has 1 aromatic rings. The van der Waals surface area contributed by atoms with E-state index in [0.29, 0.717) is 11.1 Å². The Morgan fingerprint density at radius 3 is 3.00 bits per heavy atom. The van der Waals surface area contributed by atoms with Crippen LogP contribution in [0.3, 0.4) is 0 Å². The number of hydrogen-bond acceptors (Lipinski definition) is 3. The second-order valence-corrected chi connectivity index (χ2v) is 5.73. The molecule has 0 aromatic heterocycles. The van der Waals surface area contributed by atoms with Crippen LogP contribution in [0.25, 0.3) is 0 Å². The molecule has 0 saturated carbocycles. The molecule has 1 aromatic carbocycles. The first-order valence-corrected chi connectivity index (χ1v) is 7.67. The standard InChI is InChI=1S/C15H21ClFN3O/c1-2-7-20(12-5-6-18-9-12)10-15(21)19-14-4-3-11(16)8-13(14)17/h3-4,8,12,18H,2,5-7,9-10H2,1H3,(H,19,21). The summed E-state index contributed by atoms with van der Waals surface area (Å²) in [5.74, 6) is -0.711. The maximum atomic E-state index is 13.7. The van der Waals surface area contributed by atoms with E-state index in [1.807, 2.05) is 0 Å². The molecule has 0 radical (unpaired) electrons. The summed E-state index contributed by atoms with van der Waals surface area (Å²) in [5, 5.41) is 6.23. The zero-order chi connectivity index (χ0) is 15.2. The van der Waals surface area contributed by atoms with Gasteiger partial charge in [-0.15, -0.1) is 0 Å². The first-order valence-electron chi connectivity index (χ1n) is 7.30. The highest BCUT2D eigenvalue weighted by Gasteiger charge is 2.23. The number of rotatable bonds is 6. The van der Waals surface area contributed by atoms with E-state index in [0.717, 1.165) is 32.5 Å². The highest BCUT2D eigenvalue weighted by atomic mass is 35.5. The molecule has 1 heterocycles. The largest absolute Gasteiger partial charge is 0.322 e. The normalized spacial score (nSPS) is 18.2. The molecule has 4 nitrogen and oxygen atoms in total. The molecule has 1 fully saturated rings. The van der Waals surface area contributed by atoms with Crippen molar-refractivity contribution in [3.8, 4) is 0 Å². The van der Waals surface area contributed by atoms with E-state index >= 15 is 0 Å². The molecule has 1 saturated heterocycles. The van der Waals surface area contributed by atoms with Crippen molar-refractivity contribution < 1.29 is 9.18 Å². The van der Waals surface area contributed by atoms with Crippen LogP contribution >= 0.6 is 11.6 Å². The van der Waals surface area contributed by atoms with Gasteiger partial charge in [0.2, 0.25) is 5.91 Å². The molecule has 1 aliphatic rings. The Hall–Kier alpha value is -1.17. The van der Waals surface area contributed by atoms with Gasteiger partial charge in [-0.25, -0.2) is 4.39 Å². The maximum Gasteiger partial charge on any atom is 0.238 e. The van der Waals surface area contributed by atoms with Gasteiger partial charge in [-0.2, -0.15) is 0 Å². The second-order valence-electron chi connectivity index (χ2n) is 5.29. The smallest absolute Gasteiger partial charge is 0.238 e. The summed E-state index contributed by atoms with van der Waals surface area (Å²) in [4.78, 5) is 14.3. The SMILES string of the molecule is CCCN(CC(=O)Nc1ccc(Cl)cc1F)C1CCNC1. The van der Waals surface area contributed by atoms with E-state index in [2.05, 4.69) is 22.5 Å². The van der Waals surface area contributed by atoms with E-state index in [9.17, 15) is 9.18 Å². The molecule has 0 spiro atoms. The summed E-state index contributed by atoms with van der Waals surface area (Å²) >= 11 is 5.70. The van der Waals surface area contributed by atoms with Crippen LogP contribution in [0.5, 0.6) is 0 Å². The Morgan fingerprint density at radius 2 is 2.38 bits per heavy atom. The van der Waals surface area contributed by atoms with Crippen LogP contribution in [0.2, 0.25) is 5.02 Å². The van der Waals surface area contributed by atoms with Crippen LogP contribution in [-0.2, 0) is 4.79 Å². The monoisotopic (exact) mass is 313 g/mol. The molecule has 1 amide bonds. The summed E-state index contributed by atoms with van der Waals surface area (Å²) < 4.78 is 13.7. The summed E-state index contributed by atoms with van der Waals surface area (Å²) in [5.41, 5.74) is 0.172. The van der Waals surface area contributed by atoms with E-state index in [-0.39, 0.29) is 18.1 Å². The number of benzene rings is 1. The van der Waals surface area contributed by atoms with E-state index in [1.54, 1.807) is 6.07 Å². The zero-order valence-corrected chi connectivity index (χ0v) is 12.9. The fraction of sp³-hybridized carbons (Fsp3) is 0.533. The predicted molar refractivity (Wildman–Crippen MR) is 83.2 cm³/mol. The molecule has 1 atom stereocenters. The van der Waals surface area contributed by atoms with Crippen LogP contribution in [0.15, 0.2) is 18.2 Å². The lowest BCUT2D eigenvalue weighted by Gasteiger charge is -2.27. The molecule has 1 aliphatic heterocycles. The summed E-state index contributed by atoms with van der Waals surface area (Å²) in [6.07, 6.45) is 2.03. The van der Waals surface area contributed by atoms with Gasteiger partial charge in [0.15, 0.2) is 0 Å². The fourth-order valence-corrected chi connectivity index (χ4v) is 2.75. The second kappa shape index (κ2) is 7.73. The lowest BCUT2D eigenvalue weighted by atomic mass is 10.2. The number of amides is 1. The molecule has 2 N–H and O–H groups in total. The van der Waals surface area contributed by atoms with Crippen molar-refractivity contribution in [2.75, 3.05) is 31.5 Å². The molecule has 21 heavy (non-hydrogen) atoms. The van der Waals surface area contributed by atoms with Gasteiger partial charge in [0, 0.05) is 17.6 Å². The van der Waals surface area contributed by atoms with Gasteiger partial charge in [0.1, 0.15) is 5.82 Å². The third kappa shape index (κ3) is 4.66. The van der Waals surface area contributed by atoms with Gasteiger partial charge in [-0.05, 0) is 44.1 Å². The van der Waals surface area contributed by atoms with Gasteiger partial charge in [-0.1, -0.05) is 18.5 Å². The Morgan fingerprint density at radius 1 is 1.57 bits per heavy atom. The molecule has 1 unspecified atom stereocenters. The summed E-state index contributed by atoms with van der Waals surface area (Å²) in [7, 11) is 0. The number of hydrogen-bond donors (Lipinski definition) is 2. The first kappa shape index (κ1) is 16.2. The van der Waals surface area contributed by atoms with Crippen LogP contribution in [0, 0.1) is 5.82 Å². The third-order valence-electron chi connectivity index (χ3n) is 3.61. The number of halogens is 2. The molecule has 0 bridgehead atoms. The average molecular weight is 314 g/mol. The van der Waals surface area contributed by atoms with E-state index in [4.69, 9.17) is 11.6 Å². The van der Waals surface area contributed by atoms with Crippen LogP contribution in [0.4, 0.5) is 10.1 Å². The van der Waals surface area contributed by atoms with Gasteiger partial charge < -0.3 is 10.6 Å². The number of anilines is 1. The Bertz CT molecular complexity index is 492.